The maximum absolute atomic E-state index is 11.7. The van der Waals surface area contributed by atoms with E-state index >= 15 is 0 Å². The minimum absolute atomic E-state index is 0.0650. The number of hydrogen-bond acceptors (Lipinski definition) is 5. The van der Waals surface area contributed by atoms with Crippen molar-refractivity contribution in [2.75, 3.05) is 18.6 Å². The first-order valence-corrected chi connectivity index (χ1v) is 7.23. The molecule has 0 N–H and O–H groups in total. The fourth-order valence-electron chi connectivity index (χ4n) is 2.56. The number of nitro groups is 1. The van der Waals surface area contributed by atoms with E-state index in [1.54, 1.807) is 6.07 Å². The summed E-state index contributed by atoms with van der Waals surface area (Å²) in [6, 6.07) is 4.83. The van der Waals surface area contributed by atoms with Crippen molar-refractivity contribution in [3.05, 3.63) is 33.9 Å². The van der Waals surface area contributed by atoms with E-state index < -0.39 is 5.97 Å². The van der Waals surface area contributed by atoms with Gasteiger partial charge in [0.2, 0.25) is 0 Å². The van der Waals surface area contributed by atoms with Gasteiger partial charge in [-0.25, -0.2) is 4.79 Å². The molecular weight excluding hydrogens is 272 g/mol. The Morgan fingerprint density at radius 2 is 2.10 bits per heavy atom. The molecule has 2 saturated carbocycles. The van der Waals surface area contributed by atoms with Crippen LogP contribution >= 0.6 is 0 Å². The van der Waals surface area contributed by atoms with Crippen molar-refractivity contribution in [2.45, 2.75) is 31.7 Å². The highest BCUT2D eigenvalue weighted by Crippen LogP contribution is 2.41. The molecule has 0 spiro atoms. The molecule has 0 saturated heterocycles. The molecule has 0 aromatic heterocycles. The molecule has 0 heterocycles. The number of benzene rings is 1. The van der Waals surface area contributed by atoms with Crippen LogP contribution in [-0.4, -0.2) is 30.6 Å². The van der Waals surface area contributed by atoms with E-state index in [0.29, 0.717) is 23.2 Å². The average Bonchev–Trinajstić information content (AvgIpc) is 3.36. The third-order valence-electron chi connectivity index (χ3n) is 4.04. The lowest BCUT2D eigenvalue weighted by molar-refractivity contribution is -0.384. The fourth-order valence-corrected chi connectivity index (χ4v) is 2.56. The Morgan fingerprint density at radius 1 is 1.38 bits per heavy atom. The molecule has 1 aromatic rings. The molecule has 112 valence electrons. The molecule has 0 atom stereocenters. The molecule has 3 rings (SSSR count). The minimum atomic E-state index is -0.465. The Labute approximate surface area is 122 Å². The van der Waals surface area contributed by atoms with Gasteiger partial charge in [-0.1, -0.05) is 0 Å². The van der Waals surface area contributed by atoms with Gasteiger partial charge < -0.3 is 9.64 Å². The first-order chi connectivity index (χ1) is 10.1. The van der Waals surface area contributed by atoms with Gasteiger partial charge in [-0.15, -0.1) is 0 Å². The predicted molar refractivity (Wildman–Crippen MR) is 77.5 cm³/mol. The number of methoxy groups -OCH3 is 1. The van der Waals surface area contributed by atoms with Crippen LogP contribution in [0.1, 0.15) is 36.0 Å². The molecule has 1 aromatic carbocycles. The lowest BCUT2D eigenvalue weighted by Gasteiger charge is -2.24. The maximum atomic E-state index is 11.7. The van der Waals surface area contributed by atoms with Crippen LogP contribution in [0.2, 0.25) is 0 Å². The van der Waals surface area contributed by atoms with Crippen LogP contribution in [0.3, 0.4) is 0 Å². The number of anilines is 1. The van der Waals surface area contributed by atoms with Crippen LogP contribution in [0, 0.1) is 16.0 Å². The fraction of sp³-hybridized carbons (Fsp3) is 0.533. The van der Waals surface area contributed by atoms with Gasteiger partial charge in [-0.2, -0.15) is 0 Å². The van der Waals surface area contributed by atoms with E-state index in [9.17, 15) is 14.9 Å². The highest BCUT2D eigenvalue weighted by molar-refractivity contribution is 5.91. The largest absolute Gasteiger partial charge is 0.465 e. The zero-order chi connectivity index (χ0) is 15.0. The molecule has 0 unspecified atom stereocenters. The van der Waals surface area contributed by atoms with E-state index in [0.717, 1.165) is 19.4 Å². The number of ether oxygens (including phenoxy) is 1. The molecule has 6 nitrogen and oxygen atoms in total. The van der Waals surface area contributed by atoms with E-state index in [-0.39, 0.29) is 10.6 Å². The highest BCUT2D eigenvalue weighted by Gasteiger charge is 2.37. The summed E-state index contributed by atoms with van der Waals surface area (Å²) in [4.78, 5) is 24.7. The Morgan fingerprint density at radius 3 is 2.62 bits per heavy atom. The Hall–Kier alpha value is -2.11. The first kappa shape index (κ1) is 13.9. The molecule has 0 aliphatic heterocycles. The predicted octanol–water partition coefficient (Wildman–Crippen LogP) is 2.76. The van der Waals surface area contributed by atoms with Crippen molar-refractivity contribution in [3.8, 4) is 0 Å². The van der Waals surface area contributed by atoms with Crippen LogP contribution in [-0.2, 0) is 4.74 Å². The zero-order valence-corrected chi connectivity index (χ0v) is 11.9. The number of esters is 1. The van der Waals surface area contributed by atoms with Crippen LogP contribution < -0.4 is 4.90 Å². The summed E-state index contributed by atoms with van der Waals surface area (Å²) < 4.78 is 4.71. The van der Waals surface area contributed by atoms with Crippen LogP contribution in [0.5, 0.6) is 0 Å². The number of carbonyl (C=O) groups is 1. The highest BCUT2D eigenvalue weighted by atomic mass is 16.6. The second kappa shape index (κ2) is 5.35. The van der Waals surface area contributed by atoms with Gasteiger partial charge >= 0.3 is 5.97 Å². The molecule has 2 aliphatic carbocycles. The van der Waals surface area contributed by atoms with E-state index in [4.69, 9.17) is 4.74 Å². The van der Waals surface area contributed by atoms with Crippen LogP contribution in [0.15, 0.2) is 18.2 Å². The number of nitrogens with zero attached hydrogens (tertiary/aromatic N) is 2. The second-order valence-corrected chi connectivity index (χ2v) is 5.78. The van der Waals surface area contributed by atoms with E-state index in [1.807, 2.05) is 0 Å². The van der Waals surface area contributed by atoms with Gasteiger partial charge in [0.25, 0.3) is 5.69 Å². The van der Waals surface area contributed by atoms with Crippen molar-refractivity contribution in [1.29, 1.82) is 0 Å². The third-order valence-corrected chi connectivity index (χ3v) is 4.04. The summed E-state index contributed by atoms with van der Waals surface area (Å²) in [6.07, 6.45) is 4.50. The van der Waals surface area contributed by atoms with Gasteiger partial charge in [0.1, 0.15) is 5.69 Å². The van der Waals surface area contributed by atoms with Gasteiger partial charge in [0.05, 0.1) is 17.6 Å². The minimum Gasteiger partial charge on any atom is -0.465 e. The standard InChI is InChI=1S/C15H18N2O4/c1-21-15(18)11-4-7-13(17(19)20)14(8-11)16(12-5-6-12)9-10-2-3-10/h4,7-8,10,12H,2-3,5-6,9H2,1H3. The monoisotopic (exact) mass is 290 g/mol. The molecule has 0 radical (unpaired) electrons. The van der Waals surface area contributed by atoms with Gasteiger partial charge in [0.15, 0.2) is 0 Å². The number of nitro benzene ring substituents is 1. The molecule has 0 amide bonds. The molecular formula is C15H18N2O4. The quantitative estimate of drug-likeness (QED) is 0.457. The maximum Gasteiger partial charge on any atom is 0.337 e. The number of carbonyl (C=O) groups excluding carboxylic acids is 1. The SMILES string of the molecule is COC(=O)c1ccc([N+](=O)[O-])c(N(CC2CC2)C2CC2)c1. The van der Waals surface area contributed by atoms with Crippen molar-refractivity contribution in [2.24, 2.45) is 5.92 Å². The summed E-state index contributed by atoms with van der Waals surface area (Å²) in [7, 11) is 1.31. The van der Waals surface area contributed by atoms with Gasteiger partial charge in [-0.05, 0) is 43.7 Å². The normalized spacial score (nSPS) is 17.4. The molecule has 0 bridgehead atoms. The van der Waals surface area contributed by atoms with Crippen LogP contribution in [0.4, 0.5) is 11.4 Å². The average molecular weight is 290 g/mol. The molecule has 6 heteroatoms. The Kier molecular flexibility index (Phi) is 3.53. The summed E-state index contributed by atoms with van der Waals surface area (Å²) in [5.74, 6) is 0.167. The van der Waals surface area contributed by atoms with E-state index in [2.05, 4.69) is 4.90 Å². The second-order valence-electron chi connectivity index (χ2n) is 5.78. The molecule has 21 heavy (non-hydrogen) atoms. The first-order valence-electron chi connectivity index (χ1n) is 7.23. The third kappa shape index (κ3) is 2.99. The number of rotatable bonds is 6. The lowest BCUT2D eigenvalue weighted by Crippen LogP contribution is -2.29. The smallest absolute Gasteiger partial charge is 0.337 e. The van der Waals surface area contributed by atoms with Gasteiger partial charge in [0, 0.05) is 18.7 Å². The number of hydrogen-bond donors (Lipinski definition) is 0. The van der Waals surface area contributed by atoms with Crippen molar-refractivity contribution >= 4 is 17.3 Å². The van der Waals surface area contributed by atoms with Crippen molar-refractivity contribution < 1.29 is 14.5 Å². The summed E-state index contributed by atoms with van der Waals surface area (Å²) >= 11 is 0. The topological polar surface area (TPSA) is 72.7 Å². The molecule has 2 fully saturated rings. The zero-order valence-electron chi connectivity index (χ0n) is 11.9. The Balaban J connectivity index is 1.98. The lowest BCUT2D eigenvalue weighted by atomic mass is 10.1. The molecule has 2 aliphatic rings. The summed E-state index contributed by atoms with van der Waals surface area (Å²) in [5.41, 5.74) is 0.979. The van der Waals surface area contributed by atoms with E-state index in [1.165, 1.54) is 32.1 Å². The summed E-state index contributed by atoms with van der Waals surface area (Å²) in [6.45, 7) is 0.843. The van der Waals surface area contributed by atoms with Crippen LogP contribution in [0.25, 0.3) is 0 Å². The Bertz CT molecular complexity index is 579. The van der Waals surface area contributed by atoms with Crippen molar-refractivity contribution in [3.63, 3.8) is 0 Å². The van der Waals surface area contributed by atoms with Gasteiger partial charge in [-0.3, -0.25) is 10.1 Å². The van der Waals surface area contributed by atoms with Crippen molar-refractivity contribution in [1.82, 2.24) is 0 Å². The summed E-state index contributed by atoms with van der Waals surface area (Å²) in [5, 5.41) is 11.3.